The van der Waals surface area contributed by atoms with Gasteiger partial charge < -0.3 is 10.1 Å². The number of hydrogen-bond acceptors (Lipinski definition) is 5. The molecular weight excluding hydrogens is 428 g/mol. The monoisotopic (exact) mass is 450 g/mol. The molecular formula is C21H23ClN2O5S. The van der Waals surface area contributed by atoms with Crippen molar-refractivity contribution in [1.29, 1.82) is 0 Å². The molecule has 1 aliphatic heterocycles. The van der Waals surface area contributed by atoms with Crippen molar-refractivity contribution in [2.75, 3.05) is 19.7 Å². The predicted octanol–water partition coefficient (Wildman–Crippen LogP) is 3.16. The fourth-order valence-electron chi connectivity index (χ4n) is 3.22. The van der Waals surface area contributed by atoms with Crippen LogP contribution in [0.1, 0.15) is 41.7 Å². The lowest BCUT2D eigenvalue weighted by Crippen LogP contribution is -2.31. The second-order valence-electron chi connectivity index (χ2n) is 7.03. The second kappa shape index (κ2) is 9.59. The Morgan fingerprint density at radius 2 is 1.80 bits per heavy atom. The maximum Gasteiger partial charge on any atom is 0.338 e. The Morgan fingerprint density at radius 3 is 2.47 bits per heavy atom. The molecule has 1 fully saturated rings. The van der Waals surface area contributed by atoms with E-state index in [1.54, 1.807) is 0 Å². The van der Waals surface area contributed by atoms with Crippen LogP contribution in [0.5, 0.6) is 0 Å². The number of halogens is 1. The van der Waals surface area contributed by atoms with Gasteiger partial charge in [0.25, 0.3) is 5.91 Å². The third-order valence-electron chi connectivity index (χ3n) is 4.86. The summed E-state index contributed by atoms with van der Waals surface area (Å²) < 4.78 is 32.0. The Kier molecular flexibility index (Phi) is 7.12. The minimum absolute atomic E-state index is 0.0149. The van der Waals surface area contributed by atoms with Crippen molar-refractivity contribution in [3.8, 4) is 0 Å². The summed E-state index contributed by atoms with van der Waals surface area (Å²) in [6.45, 7) is 2.19. The van der Waals surface area contributed by atoms with E-state index < -0.39 is 28.5 Å². The first-order chi connectivity index (χ1) is 14.3. The molecule has 9 heteroatoms. The zero-order chi connectivity index (χ0) is 21.7. The number of carbonyl (C=O) groups is 2. The minimum Gasteiger partial charge on any atom is -0.452 e. The molecule has 1 aliphatic rings. The Bertz CT molecular complexity index is 1020. The summed E-state index contributed by atoms with van der Waals surface area (Å²) in [6.07, 6.45) is 1.57. The van der Waals surface area contributed by atoms with E-state index in [4.69, 9.17) is 16.3 Å². The number of benzene rings is 2. The van der Waals surface area contributed by atoms with E-state index in [-0.39, 0.29) is 21.5 Å². The number of ether oxygens (including phenoxy) is 1. The Hall–Kier alpha value is -2.42. The van der Waals surface area contributed by atoms with E-state index >= 15 is 0 Å². The lowest BCUT2D eigenvalue weighted by Gasteiger charge is -2.17. The fourth-order valence-corrected chi connectivity index (χ4v) is 5.24. The summed E-state index contributed by atoms with van der Waals surface area (Å²) in [7, 11) is -3.79. The number of rotatable bonds is 7. The zero-order valence-corrected chi connectivity index (χ0v) is 18.1. The summed E-state index contributed by atoms with van der Waals surface area (Å²) in [5.74, 6) is -1.26. The van der Waals surface area contributed by atoms with E-state index in [0.29, 0.717) is 13.1 Å². The standard InChI is InChI=1S/C21H23ClN2O5S/c1-15(16-7-3-2-4-8-16)23-20(25)14-29-21(26)17-9-10-18(22)19(13-17)30(27,28)24-11-5-6-12-24/h2-4,7-10,13,15H,5-6,11-12,14H2,1H3,(H,23,25)/t15-/m1/s1. The van der Waals surface area contributed by atoms with Crippen LogP contribution >= 0.6 is 11.6 Å². The topological polar surface area (TPSA) is 92.8 Å². The maximum absolute atomic E-state index is 12.8. The highest BCUT2D eigenvalue weighted by Gasteiger charge is 2.30. The van der Waals surface area contributed by atoms with E-state index in [1.165, 1.54) is 22.5 Å². The third kappa shape index (κ3) is 5.19. The predicted molar refractivity (Wildman–Crippen MR) is 113 cm³/mol. The number of esters is 1. The van der Waals surface area contributed by atoms with Crippen molar-refractivity contribution in [3.05, 3.63) is 64.7 Å². The average Bonchev–Trinajstić information content (AvgIpc) is 3.28. The van der Waals surface area contributed by atoms with Gasteiger partial charge in [-0.2, -0.15) is 4.31 Å². The molecule has 2 aromatic carbocycles. The van der Waals surface area contributed by atoms with Gasteiger partial charge in [-0.15, -0.1) is 0 Å². The number of hydrogen-bond donors (Lipinski definition) is 1. The summed E-state index contributed by atoms with van der Waals surface area (Å²) >= 11 is 6.08. The van der Waals surface area contributed by atoms with Gasteiger partial charge in [0.1, 0.15) is 4.90 Å². The zero-order valence-electron chi connectivity index (χ0n) is 16.5. The molecule has 7 nitrogen and oxygen atoms in total. The quantitative estimate of drug-likeness (QED) is 0.654. The molecule has 1 heterocycles. The van der Waals surface area contributed by atoms with E-state index in [2.05, 4.69) is 5.32 Å². The SMILES string of the molecule is C[C@@H](NC(=O)COC(=O)c1ccc(Cl)c(S(=O)(=O)N2CCCC2)c1)c1ccccc1. The van der Waals surface area contributed by atoms with E-state index in [1.807, 2.05) is 37.3 Å². The van der Waals surface area contributed by atoms with Crippen molar-refractivity contribution in [3.63, 3.8) is 0 Å². The van der Waals surface area contributed by atoms with Crippen LogP contribution in [0, 0.1) is 0 Å². The van der Waals surface area contributed by atoms with Crippen molar-refractivity contribution in [2.24, 2.45) is 0 Å². The Morgan fingerprint density at radius 1 is 1.13 bits per heavy atom. The van der Waals surface area contributed by atoms with Gasteiger partial charge in [0.2, 0.25) is 10.0 Å². The van der Waals surface area contributed by atoms with Gasteiger partial charge in [0.05, 0.1) is 16.6 Å². The lowest BCUT2D eigenvalue weighted by atomic mass is 10.1. The number of nitrogens with one attached hydrogen (secondary N) is 1. The van der Waals surface area contributed by atoms with Gasteiger partial charge in [-0.1, -0.05) is 41.9 Å². The first-order valence-electron chi connectivity index (χ1n) is 9.60. The molecule has 1 saturated heterocycles. The van der Waals surface area contributed by atoms with Crippen LogP contribution in [-0.2, 0) is 19.6 Å². The Balaban J connectivity index is 1.63. The number of carbonyl (C=O) groups excluding carboxylic acids is 2. The molecule has 3 rings (SSSR count). The molecule has 0 radical (unpaired) electrons. The molecule has 0 spiro atoms. The molecule has 160 valence electrons. The van der Waals surface area contributed by atoms with Crippen molar-refractivity contribution in [2.45, 2.75) is 30.7 Å². The van der Waals surface area contributed by atoms with Crippen LogP contribution in [0.15, 0.2) is 53.4 Å². The summed E-state index contributed by atoms with van der Waals surface area (Å²) in [6, 6.07) is 13.0. The van der Waals surface area contributed by atoms with Gasteiger partial charge in [-0.3, -0.25) is 4.79 Å². The highest BCUT2D eigenvalue weighted by Crippen LogP contribution is 2.28. The molecule has 0 aromatic heterocycles. The van der Waals surface area contributed by atoms with Crippen molar-refractivity contribution >= 4 is 33.5 Å². The molecule has 1 atom stereocenters. The molecule has 0 aliphatic carbocycles. The summed E-state index contributed by atoms with van der Waals surface area (Å²) in [5.41, 5.74) is 0.938. The molecule has 0 unspecified atom stereocenters. The summed E-state index contributed by atoms with van der Waals surface area (Å²) in [5, 5.41) is 2.78. The van der Waals surface area contributed by atoms with Crippen LogP contribution < -0.4 is 5.32 Å². The number of nitrogens with zero attached hydrogens (tertiary/aromatic N) is 1. The van der Waals surface area contributed by atoms with Crippen LogP contribution in [0.2, 0.25) is 5.02 Å². The molecule has 30 heavy (non-hydrogen) atoms. The maximum atomic E-state index is 12.8. The number of amides is 1. The van der Waals surface area contributed by atoms with Gasteiger partial charge in [0.15, 0.2) is 6.61 Å². The largest absolute Gasteiger partial charge is 0.452 e. The molecule has 2 aromatic rings. The molecule has 1 amide bonds. The average molecular weight is 451 g/mol. The smallest absolute Gasteiger partial charge is 0.338 e. The second-order valence-corrected chi connectivity index (χ2v) is 9.35. The normalized spacial score (nSPS) is 15.5. The Labute approximate surface area is 181 Å². The van der Waals surface area contributed by atoms with Gasteiger partial charge in [-0.05, 0) is 43.5 Å². The molecule has 0 saturated carbocycles. The lowest BCUT2D eigenvalue weighted by molar-refractivity contribution is -0.124. The van der Waals surface area contributed by atoms with E-state index in [9.17, 15) is 18.0 Å². The summed E-state index contributed by atoms with van der Waals surface area (Å²) in [4.78, 5) is 24.3. The van der Waals surface area contributed by atoms with E-state index in [0.717, 1.165) is 18.4 Å². The van der Waals surface area contributed by atoms with Crippen LogP contribution in [0.3, 0.4) is 0 Å². The highest BCUT2D eigenvalue weighted by molar-refractivity contribution is 7.89. The first kappa shape index (κ1) is 22.3. The van der Waals surface area contributed by atoms with Crippen LogP contribution in [-0.4, -0.2) is 44.3 Å². The fraction of sp³-hybridized carbons (Fsp3) is 0.333. The third-order valence-corrected chi connectivity index (χ3v) is 7.24. The van der Waals surface area contributed by atoms with Gasteiger partial charge in [0, 0.05) is 13.1 Å². The molecule has 0 bridgehead atoms. The van der Waals surface area contributed by atoms with Crippen molar-refractivity contribution in [1.82, 2.24) is 9.62 Å². The first-order valence-corrected chi connectivity index (χ1v) is 11.4. The van der Waals surface area contributed by atoms with Crippen molar-refractivity contribution < 1.29 is 22.7 Å². The highest BCUT2D eigenvalue weighted by atomic mass is 35.5. The van der Waals surface area contributed by atoms with Gasteiger partial charge >= 0.3 is 5.97 Å². The minimum atomic E-state index is -3.79. The van der Waals surface area contributed by atoms with Crippen LogP contribution in [0.4, 0.5) is 0 Å². The molecule has 1 N–H and O–H groups in total. The van der Waals surface area contributed by atoms with Crippen LogP contribution in [0.25, 0.3) is 0 Å². The van der Waals surface area contributed by atoms with Gasteiger partial charge in [-0.25, -0.2) is 13.2 Å². The number of sulfonamides is 1.